The fourth-order valence-electron chi connectivity index (χ4n) is 2.44. The third kappa shape index (κ3) is 2.23. The van der Waals surface area contributed by atoms with Gasteiger partial charge >= 0.3 is 0 Å². The molecule has 3 heterocycles. The van der Waals surface area contributed by atoms with E-state index in [9.17, 15) is 5.26 Å². The minimum atomic E-state index is 0.0388. The number of pyridine rings is 1. The van der Waals surface area contributed by atoms with Gasteiger partial charge in [-0.3, -0.25) is 4.98 Å². The fraction of sp³-hybridized carbons (Fsp3) is 0. The van der Waals surface area contributed by atoms with Crippen molar-refractivity contribution in [2.24, 2.45) is 0 Å². The van der Waals surface area contributed by atoms with Crippen molar-refractivity contribution in [3.05, 3.63) is 54.7 Å². The SMILES string of the molecule is N#Cc1nc(-c2ccc3ncccc3c2)c(-c2ncco2)nc1N. The molecule has 7 nitrogen and oxygen atoms in total. The van der Waals surface area contributed by atoms with Gasteiger partial charge in [0.25, 0.3) is 0 Å². The Hall–Kier alpha value is -3.79. The normalized spacial score (nSPS) is 10.6. The molecule has 4 rings (SSSR count). The lowest BCUT2D eigenvalue weighted by molar-refractivity contribution is 0.572. The van der Waals surface area contributed by atoms with E-state index in [-0.39, 0.29) is 11.5 Å². The van der Waals surface area contributed by atoms with Gasteiger partial charge in [0.15, 0.2) is 17.2 Å². The number of nitriles is 1. The van der Waals surface area contributed by atoms with Gasteiger partial charge in [-0.15, -0.1) is 0 Å². The van der Waals surface area contributed by atoms with Crippen LogP contribution in [0.25, 0.3) is 33.7 Å². The molecule has 1 aromatic carbocycles. The second-order valence-electron chi connectivity index (χ2n) is 5.01. The van der Waals surface area contributed by atoms with Crippen molar-refractivity contribution >= 4 is 16.7 Å². The van der Waals surface area contributed by atoms with Gasteiger partial charge in [-0.05, 0) is 18.2 Å². The average Bonchev–Trinajstić information content (AvgIpc) is 3.15. The number of hydrogen-bond donors (Lipinski definition) is 1. The van der Waals surface area contributed by atoms with Crippen molar-refractivity contribution in [1.82, 2.24) is 19.9 Å². The quantitative estimate of drug-likeness (QED) is 0.605. The molecule has 0 amide bonds. The van der Waals surface area contributed by atoms with Gasteiger partial charge in [0, 0.05) is 17.1 Å². The van der Waals surface area contributed by atoms with Crippen LogP contribution in [0.4, 0.5) is 5.82 Å². The Bertz CT molecular complexity index is 1080. The molecule has 0 fully saturated rings. The molecule has 0 unspecified atom stereocenters. The van der Waals surface area contributed by atoms with Crippen LogP contribution in [0.1, 0.15) is 5.69 Å². The molecule has 24 heavy (non-hydrogen) atoms. The summed E-state index contributed by atoms with van der Waals surface area (Å²) in [6.45, 7) is 0. The Morgan fingerprint density at radius 2 is 1.96 bits per heavy atom. The minimum Gasteiger partial charge on any atom is -0.443 e. The number of nitrogens with zero attached hydrogens (tertiary/aromatic N) is 5. The molecule has 0 saturated carbocycles. The summed E-state index contributed by atoms with van der Waals surface area (Å²) >= 11 is 0. The Balaban J connectivity index is 2.00. The highest BCUT2D eigenvalue weighted by molar-refractivity contribution is 5.86. The largest absolute Gasteiger partial charge is 0.443 e. The van der Waals surface area contributed by atoms with E-state index in [1.807, 2.05) is 36.4 Å². The highest BCUT2D eigenvalue weighted by Gasteiger charge is 2.18. The van der Waals surface area contributed by atoms with Crippen LogP contribution in [0.15, 0.2) is 53.4 Å². The first-order valence-corrected chi connectivity index (χ1v) is 7.09. The number of nitrogen functional groups attached to an aromatic ring is 1. The zero-order chi connectivity index (χ0) is 16.5. The Morgan fingerprint density at radius 1 is 1.04 bits per heavy atom. The van der Waals surface area contributed by atoms with Crippen molar-refractivity contribution in [3.8, 4) is 28.9 Å². The van der Waals surface area contributed by atoms with Crippen LogP contribution < -0.4 is 5.73 Å². The highest BCUT2D eigenvalue weighted by atomic mass is 16.3. The van der Waals surface area contributed by atoms with Crippen molar-refractivity contribution in [2.45, 2.75) is 0 Å². The van der Waals surface area contributed by atoms with Gasteiger partial charge in [0.1, 0.15) is 18.0 Å². The van der Waals surface area contributed by atoms with Crippen molar-refractivity contribution < 1.29 is 4.42 Å². The second kappa shape index (κ2) is 5.44. The van der Waals surface area contributed by atoms with Crippen LogP contribution in [-0.4, -0.2) is 19.9 Å². The maximum Gasteiger partial charge on any atom is 0.247 e. The van der Waals surface area contributed by atoms with E-state index in [2.05, 4.69) is 19.9 Å². The van der Waals surface area contributed by atoms with Gasteiger partial charge in [-0.1, -0.05) is 12.1 Å². The van der Waals surface area contributed by atoms with Crippen LogP contribution in [-0.2, 0) is 0 Å². The molecule has 0 aliphatic heterocycles. The Kier molecular flexibility index (Phi) is 3.14. The van der Waals surface area contributed by atoms with Crippen LogP contribution in [0, 0.1) is 11.3 Å². The van der Waals surface area contributed by atoms with Gasteiger partial charge in [-0.2, -0.15) is 5.26 Å². The maximum atomic E-state index is 9.20. The summed E-state index contributed by atoms with van der Waals surface area (Å²) in [4.78, 5) is 17.0. The molecule has 4 aromatic rings. The molecule has 2 N–H and O–H groups in total. The smallest absolute Gasteiger partial charge is 0.247 e. The summed E-state index contributed by atoms with van der Waals surface area (Å²) in [5.41, 5.74) is 8.37. The number of anilines is 1. The standard InChI is InChI=1S/C17H10N6O/c18-9-13-16(19)23-15(17-21-6-7-24-17)14(22-13)11-3-4-12-10(8-11)2-1-5-20-12/h1-8H,(H2,19,23). The van der Waals surface area contributed by atoms with Gasteiger partial charge < -0.3 is 10.2 Å². The first-order chi connectivity index (χ1) is 11.8. The molecular weight excluding hydrogens is 304 g/mol. The molecule has 7 heteroatoms. The van der Waals surface area contributed by atoms with Gasteiger partial charge in [-0.25, -0.2) is 15.0 Å². The van der Waals surface area contributed by atoms with E-state index >= 15 is 0 Å². The third-order valence-electron chi connectivity index (χ3n) is 3.54. The van der Waals surface area contributed by atoms with Crippen molar-refractivity contribution in [1.29, 1.82) is 5.26 Å². The van der Waals surface area contributed by atoms with E-state index < -0.39 is 0 Å². The van der Waals surface area contributed by atoms with Crippen LogP contribution >= 0.6 is 0 Å². The molecule has 3 aromatic heterocycles. The number of fused-ring (bicyclic) bond motifs is 1. The number of rotatable bonds is 2. The molecule has 114 valence electrons. The predicted molar refractivity (Wildman–Crippen MR) is 87.4 cm³/mol. The molecule has 0 radical (unpaired) electrons. The van der Waals surface area contributed by atoms with E-state index in [1.54, 1.807) is 6.20 Å². The Morgan fingerprint density at radius 3 is 2.75 bits per heavy atom. The van der Waals surface area contributed by atoms with E-state index in [0.29, 0.717) is 17.3 Å². The van der Waals surface area contributed by atoms with Crippen LogP contribution in [0.2, 0.25) is 0 Å². The second-order valence-corrected chi connectivity index (χ2v) is 5.01. The summed E-state index contributed by atoms with van der Waals surface area (Å²) in [6, 6.07) is 11.4. The topological polar surface area (TPSA) is 115 Å². The number of aromatic nitrogens is 4. The summed E-state index contributed by atoms with van der Waals surface area (Å²) < 4.78 is 5.33. The maximum absolute atomic E-state index is 9.20. The molecule has 0 aliphatic carbocycles. The zero-order valence-electron chi connectivity index (χ0n) is 12.3. The predicted octanol–water partition coefficient (Wildman–Crippen LogP) is 2.80. The van der Waals surface area contributed by atoms with E-state index in [1.165, 1.54) is 12.5 Å². The molecule has 0 saturated heterocycles. The lowest BCUT2D eigenvalue weighted by Crippen LogP contribution is -2.03. The minimum absolute atomic E-state index is 0.0388. The molecule has 0 spiro atoms. The number of benzene rings is 1. The average molecular weight is 314 g/mol. The van der Waals surface area contributed by atoms with E-state index in [0.717, 1.165) is 16.5 Å². The lowest BCUT2D eigenvalue weighted by atomic mass is 10.1. The lowest BCUT2D eigenvalue weighted by Gasteiger charge is -2.08. The monoisotopic (exact) mass is 314 g/mol. The van der Waals surface area contributed by atoms with Crippen molar-refractivity contribution in [3.63, 3.8) is 0 Å². The summed E-state index contributed by atoms with van der Waals surface area (Å²) in [5, 5.41) is 10.2. The fourth-order valence-corrected chi connectivity index (χ4v) is 2.44. The number of nitrogens with two attached hydrogens (primary N) is 1. The summed E-state index contributed by atoms with van der Waals surface area (Å²) in [5.74, 6) is 0.330. The number of oxazole rings is 1. The molecular formula is C17H10N6O. The number of hydrogen-bond acceptors (Lipinski definition) is 7. The van der Waals surface area contributed by atoms with Crippen molar-refractivity contribution in [2.75, 3.05) is 5.73 Å². The summed E-state index contributed by atoms with van der Waals surface area (Å²) in [7, 11) is 0. The highest BCUT2D eigenvalue weighted by Crippen LogP contribution is 2.31. The molecule has 0 bridgehead atoms. The van der Waals surface area contributed by atoms with Crippen LogP contribution in [0.3, 0.4) is 0 Å². The van der Waals surface area contributed by atoms with Gasteiger partial charge in [0.2, 0.25) is 5.89 Å². The zero-order valence-corrected chi connectivity index (χ0v) is 12.3. The first-order valence-electron chi connectivity index (χ1n) is 7.09. The first kappa shape index (κ1) is 13.8. The molecule has 0 atom stereocenters. The third-order valence-corrected chi connectivity index (χ3v) is 3.54. The summed E-state index contributed by atoms with van der Waals surface area (Å²) in [6.07, 6.45) is 4.69. The van der Waals surface area contributed by atoms with Gasteiger partial charge in [0.05, 0.1) is 11.7 Å². The Labute approximate surface area is 136 Å². The van der Waals surface area contributed by atoms with E-state index in [4.69, 9.17) is 10.2 Å². The molecule has 0 aliphatic rings. The van der Waals surface area contributed by atoms with Crippen LogP contribution in [0.5, 0.6) is 0 Å².